The number of halogens is 1. The van der Waals surface area contributed by atoms with Gasteiger partial charge in [0, 0.05) is 35.7 Å². The van der Waals surface area contributed by atoms with E-state index in [0.29, 0.717) is 11.0 Å². The van der Waals surface area contributed by atoms with Crippen LogP contribution in [0.3, 0.4) is 0 Å². The van der Waals surface area contributed by atoms with Crippen molar-refractivity contribution in [1.29, 1.82) is 5.26 Å². The van der Waals surface area contributed by atoms with Crippen molar-refractivity contribution >= 4 is 21.7 Å². The molecule has 3 rings (SSSR count). The number of anilines is 1. The first-order valence-corrected chi connectivity index (χ1v) is 7.03. The standard InChI is InChI=1S/C13H15BrN4/c14-11-5-10(6-15)12(17-7-11)18-4-2-13(9-18)1-3-16-8-13/h5,7,16H,1-4,8-9H2. The quantitative estimate of drug-likeness (QED) is 0.861. The van der Waals surface area contributed by atoms with Gasteiger partial charge in [0.15, 0.2) is 0 Å². The van der Waals surface area contributed by atoms with Crippen molar-refractivity contribution < 1.29 is 0 Å². The summed E-state index contributed by atoms with van der Waals surface area (Å²) < 4.78 is 0.860. The van der Waals surface area contributed by atoms with Gasteiger partial charge in [0.1, 0.15) is 11.9 Å². The number of nitrogens with one attached hydrogen (secondary N) is 1. The van der Waals surface area contributed by atoms with Crippen LogP contribution in [0.1, 0.15) is 18.4 Å². The Kier molecular flexibility index (Phi) is 3.00. The second kappa shape index (κ2) is 4.52. The van der Waals surface area contributed by atoms with E-state index in [0.717, 1.165) is 36.5 Å². The molecule has 2 saturated heterocycles. The summed E-state index contributed by atoms with van der Waals surface area (Å²) in [5.41, 5.74) is 1.06. The molecule has 18 heavy (non-hydrogen) atoms. The van der Waals surface area contributed by atoms with E-state index < -0.39 is 0 Å². The molecular weight excluding hydrogens is 292 g/mol. The van der Waals surface area contributed by atoms with E-state index in [1.54, 1.807) is 6.20 Å². The van der Waals surface area contributed by atoms with E-state index in [-0.39, 0.29) is 0 Å². The Morgan fingerprint density at radius 2 is 2.39 bits per heavy atom. The van der Waals surface area contributed by atoms with Crippen molar-refractivity contribution in [3.05, 3.63) is 22.3 Å². The molecule has 1 atom stereocenters. The molecule has 94 valence electrons. The van der Waals surface area contributed by atoms with Gasteiger partial charge in [0.25, 0.3) is 0 Å². The number of nitrogens with zero attached hydrogens (tertiary/aromatic N) is 3. The van der Waals surface area contributed by atoms with Crippen molar-refractivity contribution in [1.82, 2.24) is 10.3 Å². The molecule has 1 spiro atoms. The van der Waals surface area contributed by atoms with Crippen molar-refractivity contribution in [2.24, 2.45) is 5.41 Å². The Hall–Kier alpha value is -1.12. The Balaban J connectivity index is 1.86. The van der Waals surface area contributed by atoms with Crippen molar-refractivity contribution in [2.45, 2.75) is 12.8 Å². The van der Waals surface area contributed by atoms with E-state index in [9.17, 15) is 5.26 Å². The maximum atomic E-state index is 9.21. The van der Waals surface area contributed by atoms with Crippen LogP contribution in [0, 0.1) is 16.7 Å². The summed E-state index contributed by atoms with van der Waals surface area (Å²) in [6.07, 6.45) is 4.21. The SMILES string of the molecule is N#Cc1cc(Br)cnc1N1CCC2(CCNC2)C1. The molecule has 0 amide bonds. The number of nitriles is 1. The van der Waals surface area contributed by atoms with Gasteiger partial charge in [0.05, 0.1) is 5.56 Å². The summed E-state index contributed by atoms with van der Waals surface area (Å²) in [5.74, 6) is 0.837. The largest absolute Gasteiger partial charge is 0.355 e. The fourth-order valence-corrected chi connectivity index (χ4v) is 3.36. The maximum absolute atomic E-state index is 9.21. The lowest BCUT2D eigenvalue weighted by molar-refractivity contribution is 0.369. The second-order valence-corrected chi connectivity index (χ2v) is 6.15. The first-order chi connectivity index (χ1) is 8.72. The lowest BCUT2D eigenvalue weighted by Gasteiger charge is -2.23. The van der Waals surface area contributed by atoms with E-state index in [1.165, 1.54) is 12.8 Å². The predicted molar refractivity (Wildman–Crippen MR) is 73.4 cm³/mol. The minimum Gasteiger partial charge on any atom is -0.355 e. The Morgan fingerprint density at radius 3 is 3.11 bits per heavy atom. The fourth-order valence-electron chi connectivity index (χ4n) is 3.03. The monoisotopic (exact) mass is 306 g/mol. The third-order valence-corrected chi connectivity index (χ3v) is 4.46. The van der Waals surface area contributed by atoms with Gasteiger partial charge >= 0.3 is 0 Å². The van der Waals surface area contributed by atoms with Crippen molar-refractivity contribution in [3.8, 4) is 6.07 Å². The summed E-state index contributed by atoms with van der Waals surface area (Å²) in [6.45, 7) is 4.24. The normalized spacial score (nSPS) is 26.8. The number of hydrogen-bond acceptors (Lipinski definition) is 4. The zero-order chi connectivity index (χ0) is 12.6. The van der Waals surface area contributed by atoms with Crippen LogP contribution >= 0.6 is 15.9 Å². The highest BCUT2D eigenvalue weighted by atomic mass is 79.9. The molecule has 2 aliphatic heterocycles. The fraction of sp³-hybridized carbons (Fsp3) is 0.538. The van der Waals surface area contributed by atoms with Crippen LogP contribution < -0.4 is 10.2 Å². The summed E-state index contributed by atoms with van der Waals surface area (Å²) in [5, 5.41) is 12.7. The lowest BCUT2D eigenvalue weighted by Crippen LogP contribution is -2.29. The molecule has 1 aromatic heterocycles. The third kappa shape index (κ3) is 2.00. The molecule has 0 aromatic carbocycles. The Morgan fingerprint density at radius 1 is 1.50 bits per heavy atom. The first kappa shape index (κ1) is 11.9. The van der Waals surface area contributed by atoms with Crippen LogP contribution in [0.25, 0.3) is 0 Å². The number of aromatic nitrogens is 1. The first-order valence-electron chi connectivity index (χ1n) is 6.24. The number of hydrogen-bond donors (Lipinski definition) is 1. The minimum atomic E-state index is 0.404. The van der Waals surface area contributed by atoms with E-state index >= 15 is 0 Å². The smallest absolute Gasteiger partial charge is 0.146 e. The van der Waals surface area contributed by atoms with Gasteiger partial charge in [-0.15, -0.1) is 0 Å². The Labute approximate surface area is 115 Å². The molecule has 2 aliphatic rings. The molecule has 4 nitrogen and oxygen atoms in total. The molecule has 0 bridgehead atoms. The van der Waals surface area contributed by atoms with Gasteiger partial charge in [-0.1, -0.05) is 0 Å². The number of pyridine rings is 1. The zero-order valence-corrected chi connectivity index (χ0v) is 11.7. The molecule has 5 heteroatoms. The predicted octanol–water partition coefficient (Wildman–Crippen LogP) is 1.91. The Bertz CT molecular complexity index is 502. The maximum Gasteiger partial charge on any atom is 0.146 e. The lowest BCUT2D eigenvalue weighted by atomic mass is 9.87. The molecule has 0 radical (unpaired) electrons. The average molecular weight is 307 g/mol. The number of rotatable bonds is 1. The van der Waals surface area contributed by atoms with Crippen LogP contribution in [-0.2, 0) is 0 Å². The molecule has 1 N–H and O–H groups in total. The van der Waals surface area contributed by atoms with Gasteiger partial charge in [0.2, 0.25) is 0 Å². The highest BCUT2D eigenvalue weighted by Gasteiger charge is 2.41. The molecule has 0 aliphatic carbocycles. The summed E-state index contributed by atoms with van der Waals surface area (Å²) in [6, 6.07) is 4.09. The second-order valence-electron chi connectivity index (χ2n) is 5.23. The highest BCUT2D eigenvalue weighted by molar-refractivity contribution is 9.10. The van der Waals surface area contributed by atoms with Crippen LogP contribution in [0.4, 0.5) is 5.82 Å². The van der Waals surface area contributed by atoms with Gasteiger partial charge in [-0.3, -0.25) is 0 Å². The third-order valence-electron chi connectivity index (χ3n) is 4.02. The average Bonchev–Trinajstić information content (AvgIpc) is 3.00. The molecular formula is C13H15BrN4. The highest BCUT2D eigenvalue weighted by Crippen LogP contribution is 2.38. The van der Waals surface area contributed by atoms with Crippen molar-refractivity contribution in [2.75, 3.05) is 31.1 Å². The van der Waals surface area contributed by atoms with Crippen molar-refractivity contribution in [3.63, 3.8) is 0 Å². The molecule has 1 unspecified atom stereocenters. The van der Waals surface area contributed by atoms with E-state index in [2.05, 4.69) is 37.2 Å². The van der Waals surface area contributed by atoms with Crippen LogP contribution in [0.15, 0.2) is 16.7 Å². The van der Waals surface area contributed by atoms with Crippen LogP contribution in [0.5, 0.6) is 0 Å². The molecule has 0 saturated carbocycles. The molecule has 3 heterocycles. The topological polar surface area (TPSA) is 52.0 Å². The van der Waals surface area contributed by atoms with Gasteiger partial charge in [-0.2, -0.15) is 5.26 Å². The van der Waals surface area contributed by atoms with Gasteiger partial charge < -0.3 is 10.2 Å². The summed E-state index contributed by atoms with van der Waals surface area (Å²) >= 11 is 3.36. The minimum absolute atomic E-state index is 0.404. The van der Waals surface area contributed by atoms with Gasteiger partial charge in [-0.25, -0.2) is 4.98 Å². The van der Waals surface area contributed by atoms with E-state index in [1.807, 2.05) is 6.07 Å². The summed E-state index contributed by atoms with van der Waals surface area (Å²) in [4.78, 5) is 6.68. The zero-order valence-electron chi connectivity index (χ0n) is 10.1. The molecule has 1 aromatic rings. The van der Waals surface area contributed by atoms with Crippen LogP contribution in [0.2, 0.25) is 0 Å². The van der Waals surface area contributed by atoms with Crippen LogP contribution in [-0.4, -0.2) is 31.2 Å². The van der Waals surface area contributed by atoms with Gasteiger partial charge in [-0.05, 0) is 41.4 Å². The molecule has 2 fully saturated rings. The summed E-state index contributed by atoms with van der Waals surface area (Å²) in [7, 11) is 0. The van der Waals surface area contributed by atoms with E-state index in [4.69, 9.17) is 0 Å².